The van der Waals surface area contributed by atoms with E-state index in [0.717, 1.165) is 36.2 Å². The predicted molar refractivity (Wildman–Crippen MR) is 119 cm³/mol. The highest BCUT2D eigenvalue weighted by Crippen LogP contribution is 2.28. The van der Waals surface area contributed by atoms with Crippen LogP contribution in [0.5, 0.6) is 0 Å². The van der Waals surface area contributed by atoms with Crippen LogP contribution in [0.15, 0.2) is 59.6 Å². The zero-order valence-electron chi connectivity index (χ0n) is 16.9. The Morgan fingerprint density at radius 3 is 2.63 bits per heavy atom. The van der Waals surface area contributed by atoms with E-state index in [0.29, 0.717) is 24.7 Å². The fourth-order valence-electron chi connectivity index (χ4n) is 3.32. The summed E-state index contributed by atoms with van der Waals surface area (Å²) in [5.41, 5.74) is 3.88. The van der Waals surface area contributed by atoms with E-state index in [4.69, 9.17) is 0 Å². The van der Waals surface area contributed by atoms with Gasteiger partial charge in [-0.1, -0.05) is 37.3 Å². The SMILES string of the molecule is CCc1ccc(-c2cnc3nc2NCCCCNS(=O)(=O)c2cccc(c2)N3)cc1. The molecule has 30 heavy (non-hydrogen) atoms. The first-order valence-corrected chi connectivity index (χ1v) is 11.6. The molecule has 1 aliphatic heterocycles. The van der Waals surface area contributed by atoms with Gasteiger partial charge in [0.15, 0.2) is 0 Å². The van der Waals surface area contributed by atoms with Crippen molar-refractivity contribution in [2.45, 2.75) is 31.1 Å². The Hall–Kier alpha value is -2.97. The van der Waals surface area contributed by atoms with E-state index in [9.17, 15) is 8.42 Å². The average molecular weight is 424 g/mol. The van der Waals surface area contributed by atoms with E-state index >= 15 is 0 Å². The summed E-state index contributed by atoms with van der Waals surface area (Å²) in [5, 5.41) is 6.51. The summed E-state index contributed by atoms with van der Waals surface area (Å²) in [6.07, 6.45) is 4.33. The van der Waals surface area contributed by atoms with Crippen LogP contribution in [-0.2, 0) is 16.4 Å². The van der Waals surface area contributed by atoms with Crippen LogP contribution in [0, 0.1) is 0 Å². The van der Waals surface area contributed by atoms with Gasteiger partial charge < -0.3 is 10.6 Å². The van der Waals surface area contributed by atoms with Crippen LogP contribution in [0.25, 0.3) is 11.1 Å². The molecule has 8 heteroatoms. The number of rotatable bonds is 2. The van der Waals surface area contributed by atoms with Gasteiger partial charge in [0.25, 0.3) is 0 Å². The molecule has 0 saturated heterocycles. The minimum atomic E-state index is -3.54. The van der Waals surface area contributed by atoms with Gasteiger partial charge in [-0.25, -0.2) is 18.1 Å². The zero-order chi connectivity index (χ0) is 21.0. The second kappa shape index (κ2) is 8.81. The Kier molecular flexibility index (Phi) is 5.96. The second-order valence-electron chi connectivity index (χ2n) is 7.19. The van der Waals surface area contributed by atoms with E-state index in [2.05, 4.69) is 56.5 Å². The Morgan fingerprint density at radius 2 is 1.83 bits per heavy atom. The molecule has 4 bridgehead atoms. The van der Waals surface area contributed by atoms with Crippen molar-refractivity contribution in [3.8, 4) is 11.1 Å². The topological polar surface area (TPSA) is 96.0 Å². The molecule has 0 amide bonds. The summed E-state index contributed by atoms with van der Waals surface area (Å²) in [4.78, 5) is 9.35. The van der Waals surface area contributed by atoms with Crippen LogP contribution in [-0.4, -0.2) is 31.5 Å². The summed E-state index contributed by atoms with van der Waals surface area (Å²) < 4.78 is 27.6. The first-order valence-electron chi connectivity index (χ1n) is 10.1. The molecule has 0 radical (unpaired) electrons. The first-order chi connectivity index (χ1) is 14.5. The van der Waals surface area contributed by atoms with Crippen LogP contribution in [0.1, 0.15) is 25.3 Å². The van der Waals surface area contributed by atoms with Crippen molar-refractivity contribution in [1.82, 2.24) is 14.7 Å². The molecule has 0 atom stereocenters. The van der Waals surface area contributed by atoms with Gasteiger partial charge in [0, 0.05) is 30.5 Å². The van der Waals surface area contributed by atoms with Gasteiger partial charge >= 0.3 is 0 Å². The van der Waals surface area contributed by atoms with Gasteiger partial charge in [-0.05, 0) is 48.6 Å². The number of aryl methyl sites for hydroxylation is 1. The molecule has 3 aromatic rings. The fourth-order valence-corrected chi connectivity index (χ4v) is 4.44. The molecule has 2 aromatic carbocycles. The lowest BCUT2D eigenvalue weighted by atomic mass is 10.0. The number of hydrogen-bond donors (Lipinski definition) is 3. The molecule has 0 aliphatic carbocycles. The molecule has 4 rings (SSSR count). The molecule has 0 spiro atoms. The predicted octanol–water partition coefficient (Wildman–Crippen LogP) is 3.93. The molecule has 7 nitrogen and oxygen atoms in total. The minimum Gasteiger partial charge on any atom is -0.369 e. The van der Waals surface area contributed by atoms with Gasteiger partial charge in [-0.2, -0.15) is 4.98 Å². The Balaban J connectivity index is 1.71. The maximum absolute atomic E-state index is 12.5. The highest BCUT2D eigenvalue weighted by Gasteiger charge is 2.15. The molecule has 0 saturated carbocycles. The fraction of sp³-hybridized carbons (Fsp3) is 0.273. The van der Waals surface area contributed by atoms with Crippen molar-refractivity contribution >= 4 is 27.5 Å². The summed E-state index contributed by atoms with van der Waals surface area (Å²) >= 11 is 0. The second-order valence-corrected chi connectivity index (χ2v) is 8.96. The third-order valence-corrected chi connectivity index (χ3v) is 6.51. The summed E-state index contributed by atoms with van der Waals surface area (Å²) in [6.45, 7) is 3.21. The van der Waals surface area contributed by atoms with Gasteiger partial charge in [0.1, 0.15) is 5.82 Å². The maximum Gasteiger partial charge on any atom is 0.240 e. The normalized spacial score (nSPS) is 16.0. The maximum atomic E-state index is 12.5. The average Bonchev–Trinajstić information content (AvgIpc) is 2.76. The van der Waals surface area contributed by atoms with E-state index in [1.54, 1.807) is 30.5 Å². The summed E-state index contributed by atoms with van der Waals surface area (Å²) in [6, 6.07) is 15.1. The largest absolute Gasteiger partial charge is 0.369 e. The van der Waals surface area contributed by atoms with E-state index in [1.165, 1.54) is 5.56 Å². The lowest BCUT2D eigenvalue weighted by molar-refractivity contribution is 0.577. The van der Waals surface area contributed by atoms with Crippen LogP contribution < -0.4 is 15.4 Å². The van der Waals surface area contributed by atoms with E-state index in [-0.39, 0.29) is 4.90 Å². The Bertz CT molecular complexity index is 1130. The number of benzene rings is 2. The molecule has 0 unspecified atom stereocenters. The van der Waals surface area contributed by atoms with Crippen molar-refractivity contribution in [3.63, 3.8) is 0 Å². The van der Waals surface area contributed by atoms with Crippen molar-refractivity contribution < 1.29 is 8.42 Å². The lowest BCUT2D eigenvalue weighted by Gasteiger charge is -2.15. The van der Waals surface area contributed by atoms with Crippen molar-refractivity contribution in [2.24, 2.45) is 0 Å². The number of nitrogens with zero attached hydrogens (tertiary/aromatic N) is 2. The molecular weight excluding hydrogens is 398 g/mol. The molecule has 1 aliphatic rings. The zero-order valence-corrected chi connectivity index (χ0v) is 17.7. The van der Waals surface area contributed by atoms with Gasteiger partial charge in [-0.3, -0.25) is 0 Å². The van der Waals surface area contributed by atoms with E-state index in [1.807, 2.05) is 0 Å². The van der Waals surface area contributed by atoms with Crippen LogP contribution >= 0.6 is 0 Å². The molecule has 3 N–H and O–H groups in total. The number of fused-ring (bicyclic) bond motifs is 4. The first kappa shape index (κ1) is 20.3. The number of nitrogens with one attached hydrogen (secondary N) is 3. The number of hydrogen-bond acceptors (Lipinski definition) is 6. The molecular formula is C22H25N5O2S. The van der Waals surface area contributed by atoms with Crippen molar-refractivity contribution in [1.29, 1.82) is 0 Å². The lowest BCUT2D eigenvalue weighted by Crippen LogP contribution is -2.25. The number of sulfonamides is 1. The van der Waals surface area contributed by atoms with Gasteiger partial charge in [0.05, 0.1) is 4.90 Å². The van der Waals surface area contributed by atoms with Crippen LogP contribution in [0.4, 0.5) is 17.5 Å². The molecule has 0 fully saturated rings. The third kappa shape index (κ3) is 4.60. The minimum absolute atomic E-state index is 0.218. The summed E-state index contributed by atoms with van der Waals surface area (Å²) in [7, 11) is -3.54. The standard InChI is InChI=1S/C22H25N5O2S/c1-2-16-8-10-17(11-9-16)20-15-24-22-26-18-6-5-7-19(14-18)30(28,29)25-13-4-3-12-23-21(20)27-22/h5-11,14-15,25H,2-4,12-13H2,1H3,(H2,23,24,26,27). The highest BCUT2D eigenvalue weighted by molar-refractivity contribution is 7.89. The Labute approximate surface area is 177 Å². The van der Waals surface area contributed by atoms with Gasteiger partial charge in [-0.15, -0.1) is 0 Å². The number of anilines is 3. The smallest absolute Gasteiger partial charge is 0.240 e. The highest BCUT2D eigenvalue weighted by atomic mass is 32.2. The molecule has 1 aromatic heterocycles. The number of aromatic nitrogens is 2. The quantitative estimate of drug-likeness (QED) is 0.578. The monoisotopic (exact) mass is 423 g/mol. The van der Waals surface area contributed by atoms with Crippen LogP contribution in [0.3, 0.4) is 0 Å². The third-order valence-electron chi connectivity index (χ3n) is 5.05. The molecule has 156 valence electrons. The van der Waals surface area contributed by atoms with E-state index < -0.39 is 10.0 Å². The summed E-state index contributed by atoms with van der Waals surface area (Å²) in [5.74, 6) is 1.16. The van der Waals surface area contributed by atoms with Crippen molar-refractivity contribution in [3.05, 3.63) is 60.3 Å². The Morgan fingerprint density at radius 1 is 1.03 bits per heavy atom. The molecule has 2 heterocycles. The van der Waals surface area contributed by atoms with Crippen LogP contribution in [0.2, 0.25) is 0 Å². The van der Waals surface area contributed by atoms with Gasteiger partial charge in [0.2, 0.25) is 16.0 Å². The van der Waals surface area contributed by atoms with Crippen molar-refractivity contribution in [2.75, 3.05) is 23.7 Å².